The number of rotatable bonds is 4. The number of aromatic nitrogens is 2. The Balaban J connectivity index is 2.07. The summed E-state index contributed by atoms with van der Waals surface area (Å²) in [7, 11) is 0. The molecule has 0 aromatic carbocycles. The maximum absolute atomic E-state index is 5.73. The minimum absolute atomic E-state index is 0.466. The number of nitrogens with one attached hydrogen (secondary N) is 1. The average Bonchev–Trinajstić information content (AvgIpc) is 2.79. The summed E-state index contributed by atoms with van der Waals surface area (Å²) in [4.78, 5) is 2.25. The summed E-state index contributed by atoms with van der Waals surface area (Å²) in [5.74, 6) is 2.02. The standard InChI is InChI=1S/C13H24N4O/c1-5-14-7-12-15-16-13(18-12)17-8-9(2)6-10(3)11(17)4/h9-11,14H,5-8H2,1-4H3. The van der Waals surface area contributed by atoms with Crippen molar-refractivity contribution in [1.82, 2.24) is 15.5 Å². The van der Waals surface area contributed by atoms with Crippen molar-refractivity contribution >= 4 is 6.01 Å². The van der Waals surface area contributed by atoms with Crippen molar-refractivity contribution in [3.8, 4) is 0 Å². The number of piperidine rings is 1. The fraction of sp³-hybridized carbons (Fsp3) is 0.846. The molecule has 3 unspecified atom stereocenters. The zero-order valence-electron chi connectivity index (χ0n) is 11.8. The van der Waals surface area contributed by atoms with Gasteiger partial charge < -0.3 is 14.6 Å². The Kier molecular flexibility index (Phi) is 4.22. The zero-order chi connectivity index (χ0) is 13.1. The molecular weight excluding hydrogens is 228 g/mol. The van der Waals surface area contributed by atoms with E-state index < -0.39 is 0 Å². The fourth-order valence-electron chi connectivity index (χ4n) is 2.63. The minimum Gasteiger partial charge on any atom is -0.407 e. The predicted octanol–water partition coefficient (Wildman–Crippen LogP) is 2.05. The first-order valence-electron chi connectivity index (χ1n) is 6.91. The quantitative estimate of drug-likeness (QED) is 0.889. The van der Waals surface area contributed by atoms with E-state index in [0.717, 1.165) is 13.1 Å². The van der Waals surface area contributed by atoms with E-state index in [4.69, 9.17) is 4.42 Å². The van der Waals surface area contributed by atoms with Crippen LogP contribution in [0.3, 0.4) is 0 Å². The second-order valence-electron chi connectivity index (χ2n) is 5.47. The Morgan fingerprint density at radius 1 is 1.33 bits per heavy atom. The van der Waals surface area contributed by atoms with Gasteiger partial charge in [0.2, 0.25) is 5.89 Å². The summed E-state index contributed by atoms with van der Waals surface area (Å²) in [5.41, 5.74) is 0. The molecule has 102 valence electrons. The molecule has 0 radical (unpaired) electrons. The molecule has 1 aliphatic rings. The molecule has 2 rings (SSSR count). The molecule has 0 aliphatic carbocycles. The van der Waals surface area contributed by atoms with Crippen LogP contribution in [0.2, 0.25) is 0 Å². The third kappa shape index (κ3) is 2.83. The molecule has 1 N–H and O–H groups in total. The van der Waals surface area contributed by atoms with Gasteiger partial charge in [-0.25, -0.2) is 0 Å². The van der Waals surface area contributed by atoms with Crippen molar-refractivity contribution in [2.45, 2.75) is 46.7 Å². The van der Waals surface area contributed by atoms with E-state index in [1.54, 1.807) is 0 Å². The minimum atomic E-state index is 0.466. The molecular formula is C13H24N4O. The Morgan fingerprint density at radius 3 is 2.83 bits per heavy atom. The summed E-state index contributed by atoms with van der Waals surface area (Å²) in [6.07, 6.45) is 1.27. The molecule has 0 amide bonds. The molecule has 0 saturated carbocycles. The first kappa shape index (κ1) is 13.3. The zero-order valence-corrected chi connectivity index (χ0v) is 11.8. The first-order valence-corrected chi connectivity index (χ1v) is 6.91. The summed E-state index contributed by atoms with van der Waals surface area (Å²) < 4.78 is 5.73. The second-order valence-corrected chi connectivity index (χ2v) is 5.47. The van der Waals surface area contributed by atoms with E-state index in [-0.39, 0.29) is 0 Å². The van der Waals surface area contributed by atoms with Crippen molar-refractivity contribution in [1.29, 1.82) is 0 Å². The van der Waals surface area contributed by atoms with Gasteiger partial charge in [0.25, 0.3) is 0 Å². The highest BCUT2D eigenvalue weighted by Gasteiger charge is 2.31. The van der Waals surface area contributed by atoms with Crippen LogP contribution < -0.4 is 10.2 Å². The van der Waals surface area contributed by atoms with Crippen molar-refractivity contribution in [3.05, 3.63) is 5.89 Å². The van der Waals surface area contributed by atoms with Gasteiger partial charge in [0, 0.05) is 12.6 Å². The molecule has 5 heteroatoms. The second kappa shape index (κ2) is 5.69. The molecule has 1 fully saturated rings. The number of nitrogens with zero attached hydrogens (tertiary/aromatic N) is 3. The van der Waals surface area contributed by atoms with Crippen molar-refractivity contribution in [3.63, 3.8) is 0 Å². The highest BCUT2D eigenvalue weighted by molar-refractivity contribution is 5.28. The molecule has 0 bridgehead atoms. The fourth-order valence-corrected chi connectivity index (χ4v) is 2.63. The van der Waals surface area contributed by atoms with Crippen molar-refractivity contribution in [2.24, 2.45) is 11.8 Å². The van der Waals surface area contributed by atoms with Crippen LogP contribution in [0, 0.1) is 11.8 Å². The molecule has 1 aliphatic heterocycles. The normalized spacial score (nSPS) is 28.7. The van der Waals surface area contributed by atoms with Gasteiger partial charge in [0.1, 0.15) is 0 Å². The predicted molar refractivity (Wildman–Crippen MR) is 71.4 cm³/mol. The lowest BCUT2D eigenvalue weighted by Gasteiger charge is -2.39. The van der Waals surface area contributed by atoms with Crippen LogP contribution in [0.15, 0.2) is 4.42 Å². The third-order valence-corrected chi connectivity index (χ3v) is 3.83. The molecule has 1 aromatic rings. The van der Waals surface area contributed by atoms with Gasteiger partial charge in [-0.3, -0.25) is 0 Å². The third-order valence-electron chi connectivity index (χ3n) is 3.83. The largest absolute Gasteiger partial charge is 0.407 e. The van der Waals surface area contributed by atoms with Gasteiger partial charge in [-0.15, -0.1) is 5.10 Å². The van der Waals surface area contributed by atoms with Crippen LogP contribution >= 0.6 is 0 Å². The van der Waals surface area contributed by atoms with Crippen molar-refractivity contribution in [2.75, 3.05) is 18.0 Å². The Bertz CT molecular complexity index is 379. The highest BCUT2D eigenvalue weighted by atomic mass is 16.4. The SMILES string of the molecule is CCNCc1nnc(N2CC(C)CC(C)C2C)o1. The van der Waals surface area contributed by atoms with Crippen LogP contribution in [0.1, 0.15) is 40.0 Å². The van der Waals surface area contributed by atoms with Crippen LogP contribution in [-0.4, -0.2) is 29.3 Å². The lowest BCUT2D eigenvalue weighted by atomic mass is 9.86. The van der Waals surface area contributed by atoms with E-state index in [0.29, 0.717) is 36.3 Å². The Labute approximate surface area is 109 Å². The highest BCUT2D eigenvalue weighted by Crippen LogP contribution is 2.30. The number of hydrogen-bond donors (Lipinski definition) is 1. The summed E-state index contributed by atoms with van der Waals surface area (Å²) >= 11 is 0. The molecule has 5 nitrogen and oxygen atoms in total. The van der Waals surface area contributed by atoms with Gasteiger partial charge in [-0.05, 0) is 31.7 Å². The van der Waals surface area contributed by atoms with Crippen LogP contribution in [0.4, 0.5) is 6.01 Å². The van der Waals surface area contributed by atoms with Crippen LogP contribution in [0.5, 0.6) is 0 Å². The molecule has 2 heterocycles. The molecule has 1 aromatic heterocycles. The van der Waals surface area contributed by atoms with E-state index >= 15 is 0 Å². The lowest BCUT2D eigenvalue weighted by molar-refractivity contribution is 0.281. The summed E-state index contributed by atoms with van der Waals surface area (Å²) in [5, 5.41) is 11.5. The molecule has 0 spiro atoms. The summed E-state index contributed by atoms with van der Waals surface area (Å²) in [6, 6.07) is 1.14. The van der Waals surface area contributed by atoms with Gasteiger partial charge in [-0.2, -0.15) is 0 Å². The lowest BCUT2D eigenvalue weighted by Crippen LogP contribution is -2.46. The van der Waals surface area contributed by atoms with E-state index in [1.165, 1.54) is 6.42 Å². The smallest absolute Gasteiger partial charge is 0.318 e. The number of hydrogen-bond acceptors (Lipinski definition) is 5. The Hall–Kier alpha value is -1.10. The first-order chi connectivity index (χ1) is 8.61. The maximum Gasteiger partial charge on any atom is 0.318 e. The summed E-state index contributed by atoms with van der Waals surface area (Å²) in [6.45, 7) is 11.4. The average molecular weight is 252 g/mol. The molecule has 18 heavy (non-hydrogen) atoms. The van der Waals surface area contributed by atoms with Crippen molar-refractivity contribution < 1.29 is 4.42 Å². The maximum atomic E-state index is 5.73. The van der Waals surface area contributed by atoms with Crippen LogP contribution in [-0.2, 0) is 6.54 Å². The van der Waals surface area contributed by atoms with Gasteiger partial charge in [0.15, 0.2) is 0 Å². The monoisotopic (exact) mass is 252 g/mol. The molecule has 1 saturated heterocycles. The van der Waals surface area contributed by atoms with Gasteiger partial charge in [0.05, 0.1) is 6.54 Å². The van der Waals surface area contributed by atoms with E-state index in [2.05, 4.69) is 48.1 Å². The topological polar surface area (TPSA) is 54.2 Å². The van der Waals surface area contributed by atoms with E-state index in [9.17, 15) is 0 Å². The van der Waals surface area contributed by atoms with Gasteiger partial charge in [-0.1, -0.05) is 25.9 Å². The Morgan fingerprint density at radius 2 is 2.11 bits per heavy atom. The number of anilines is 1. The molecule has 3 atom stereocenters. The van der Waals surface area contributed by atoms with Crippen LogP contribution in [0.25, 0.3) is 0 Å². The van der Waals surface area contributed by atoms with Gasteiger partial charge >= 0.3 is 6.01 Å². The van der Waals surface area contributed by atoms with E-state index in [1.807, 2.05) is 0 Å².